The van der Waals surface area contributed by atoms with Gasteiger partial charge in [0.15, 0.2) is 0 Å². The molecule has 2 nitrogen and oxygen atoms in total. The molecule has 0 unspecified atom stereocenters. The van der Waals surface area contributed by atoms with Gasteiger partial charge in [-0.2, -0.15) is 0 Å². The van der Waals surface area contributed by atoms with Crippen molar-refractivity contribution in [3.63, 3.8) is 0 Å². The number of hydrogen-bond acceptors (Lipinski definition) is 2. The van der Waals surface area contributed by atoms with E-state index in [4.69, 9.17) is 4.74 Å². The minimum absolute atomic E-state index is 0.0912. The second-order valence-corrected chi connectivity index (χ2v) is 6.43. The topological polar surface area (TPSA) is 21.3 Å². The van der Waals surface area contributed by atoms with Crippen LogP contribution in [0.1, 0.15) is 33.3 Å². The second kappa shape index (κ2) is 6.39. The lowest BCUT2D eigenvalue weighted by atomic mass is 10.1. The SMILES string of the molecule is C=C(C)COc1c(Br)cccc1CNC(C)(C)C. The van der Waals surface area contributed by atoms with Crippen molar-refractivity contribution in [2.24, 2.45) is 0 Å². The summed E-state index contributed by atoms with van der Waals surface area (Å²) in [5.41, 5.74) is 2.26. The van der Waals surface area contributed by atoms with Crippen LogP contribution in [0.4, 0.5) is 0 Å². The smallest absolute Gasteiger partial charge is 0.138 e. The zero-order chi connectivity index (χ0) is 13.8. The Hall–Kier alpha value is -0.800. The minimum atomic E-state index is 0.0912. The molecule has 0 bridgehead atoms. The van der Waals surface area contributed by atoms with E-state index in [-0.39, 0.29) is 5.54 Å². The standard InChI is InChI=1S/C15H22BrNO/c1-11(2)10-18-14-12(7-6-8-13(14)16)9-17-15(3,4)5/h6-8,17H,1,9-10H2,2-5H3. The summed E-state index contributed by atoms with van der Waals surface area (Å²) in [6.45, 7) is 13.6. The van der Waals surface area contributed by atoms with E-state index in [0.29, 0.717) is 6.61 Å². The molecule has 1 aromatic rings. The van der Waals surface area contributed by atoms with Gasteiger partial charge in [0.2, 0.25) is 0 Å². The summed E-state index contributed by atoms with van der Waals surface area (Å²) < 4.78 is 6.79. The maximum Gasteiger partial charge on any atom is 0.138 e. The number of ether oxygens (including phenoxy) is 1. The van der Waals surface area contributed by atoms with Crippen molar-refractivity contribution < 1.29 is 4.74 Å². The molecule has 0 heterocycles. The number of benzene rings is 1. The van der Waals surface area contributed by atoms with Crippen LogP contribution in [0.2, 0.25) is 0 Å². The fourth-order valence-corrected chi connectivity index (χ4v) is 1.93. The van der Waals surface area contributed by atoms with Crippen molar-refractivity contribution in [1.29, 1.82) is 0 Å². The molecule has 0 aliphatic heterocycles. The van der Waals surface area contributed by atoms with Gasteiger partial charge in [0.25, 0.3) is 0 Å². The molecule has 3 heteroatoms. The van der Waals surface area contributed by atoms with Gasteiger partial charge in [-0.15, -0.1) is 0 Å². The lowest BCUT2D eigenvalue weighted by Gasteiger charge is -2.22. The second-order valence-electron chi connectivity index (χ2n) is 5.58. The van der Waals surface area contributed by atoms with E-state index in [1.54, 1.807) is 0 Å². The Labute approximate surface area is 119 Å². The monoisotopic (exact) mass is 311 g/mol. The maximum atomic E-state index is 5.81. The summed E-state index contributed by atoms with van der Waals surface area (Å²) in [6.07, 6.45) is 0. The largest absolute Gasteiger partial charge is 0.488 e. The van der Waals surface area contributed by atoms with Crippen LogP contribution in [-0.4, -0.2) is 12.1 Å². The molecule has 1 rings (SSSR count). The molecular weight excluding hydrogens is 290 g/mol. The van der Waals surface area contributed by atoms with Crippen LogP contribution >= 0.6 is 15.9 Å². The van der Waals surface area contributed by atoms with Crippen molar-refractivity contribution in [3.05, 3.63) is 40.4 Å². The Balaban J connectivity index is 2.83. The molecule has 0 radical (unpaired) electrons. The predicted octanol–water partition coefficient (Wildman–Crippen LogP) is 4.29. The maximum absolute atomic E-state index is 5.81. The van der Waals surface area contributed by atoms with Gasteiger partial charge < -0.3 is 10.1 Å². The van der Waals surface area contributed by atoms with Gasteiger partial charge in [0, 0.05) is 17.6 Å². The third-order valence-electron chi connectivity index (χ3n) is 2.32. The number of nitrogens with one attached hydrogen (secondary N) is 1. The Kier molecular flexibility index (Phi) is 5.42. The van der Waals surface area contributed by atoms with E-state index in [1.165, 1.54) is 0 Å². The molecule has 0 atom stereocenters. The molecule has 0 fully saturated rings. The summed E-state index contributed by atoms with van der Waals surface area (Å²) in [5, 5.41) is 3.47. The lowest BCUT2D eigenvalue weighted by Crippen LogP contribution is -2.35. The van der Waals surface area contributed by atoms with E-state index in [0.717, 1.165) is 27.9 Å². The van der Waals surface area contributed by atoms with Gasteiger partial charge in [-0.1, -0.05) is 18.7 Å². The third-order valence-corrected chi connectivity index (χ3v) is 2.95. The highest BCUT2D eigenvalue weighted by molar-refractivity contribution is 9.10. The molecule has 1 aromatic carbocycles. The molecule has 100 valence electrons. The molecule has 0 saturated carbocycles. The predicted molar refractivity (Wildman–Crippen MR) is 81.0 cm³/mol. The highest BCUT2D eigenvalue weighted by atomic mass is 79.9. The molecule has 0 aliphatic rings. The molecule has 0 amide bonds. The zero-order valence-corrected chi connectivity index (χ0v) is 13.2. The third kappa shape index (κ3) is 5.23. The van der Waals surface area contributed by atoms with E-state index >= 15 is 0 Å². The van der Waals surface area contributed by atoms with Crippen LogP contribution in [0.15, 0.2) is 34.8 Å². The van der Waals surface area contributed by atoms with Crippen molar-refractivity contribution in [3.8, 4) is 5.75 Å². The molecule has 0 aromatic heterocycles. The first-order valence-corrected chi connectivity index (χ1v) is 6.88. The molecular formula is C15H22BrNO. The highest BCUT2D eigenvalue weighted by Gasteiger charge is 2.12. The van der Waals surface area contributed by atoms with Crippen LogP contribution in [0, 0.1) is 0 Å². The summed E-state index contributed by atoms with van der Waals surface area (Å²) in [6, 6.07) is 6.10. The van der Waals surface area contributed by atoms with E-state index in [9.17, 15) is 0 Å². The van der Waals surface area contributed by atoms with Crippen molar-refractivity contribution in [1.82, 2.24) is 5.32 Å². The van der Waals surface area contributed by atoms with Gasteiger partial charge in [0.05, 0.1) is 4.47 Å². The fourth-order valence-electron chi connectivity index (χ4n) is 1.41. The Morgan fingerprint density at radius 2 is 2.06 bits per heavy atom. The van der Waals surface area contributed by atoms with Crippen molar-refractivity contribution in [2.75, 3.05) is 6.61 Å². The molecule has 0 aliphatic carbocycles. The average molecular weight is 312 g/mol. The first-order valence-electron chi connectivity index (χ1n) is 6.09. The minimum Gasteiger partial charge on any atom is -0.488 e. The first-order chi connectivity index (χ1) is 8.29. The van der Waals surface area contributed by atoms with Crippen LogP contribution < -0.4 is 10.1 Å². The summed E-state index contributed by atoms with van der Waals surface area (Å²) >= 11 is 3.54. The van der Waals surface area contributed by atoms with E-state index < -0.39 is 0 Å². The summed E-state index contributed by atoms with van der Waals surface area (Å²) in [5.74, 6) is 0.900. The molecule has 1 N–H and O–H groups in total. The van der Waals surface area contributed by atoms with Crippen molar-refractivity contribution >= 4 is 15.9 Å². The molecule has 0 spiro atoms. The number of para-hydroxylation sites is 1. The van der Waals surface area contributed by atoms with Gasteiger partial charge >= 0.3 is 0 Å². The van der Waals surface area contributed by atoms with Gasteiger partial charge in [-0.3, -0.25) is 0 Å². The van der Waals surface area contributed by atoms with Gasteiger partial charge in [-0.05, 0) is 55.3 Å². The van der Waals surface area contributed by atoms with Crippen LogP contribution in [0.5, 0.6) is 5.75 Å². The first kappa shape index (κ1) is 15.3. The van der Waals surface area contributed by atoms with Crippen LogP contribution in [0.3, 0.4) is 0 Å². The Morgan fingerprint density at radius 3 is 2.61 bits per heavy atom. The van der Waals surface area contributed by atoms with E-state index in [1.807, 2.05) is 19.1 Å². The average Bonchev–Trinajstić information content (AvgIpc) is 2.23. The van der Waals surface area contributed by atoms with Crippen molar-refractivity contribution in [2.45, 2.75) is 39.8 Å². The zero-order valence-electron chi connectivity index (χ0n) is 11.6. The Bertz CT molecular complexity index is 421. The van der Waals surface area contributed by atoms with Crippen LogP contribution in [0.25, 0.3) is 0 Å². The van der Waals surface area contributed by atoms with Gasteiger partial charge in [-0.25, -0.2) is 0 Å². The number of hydrogen-bond donors (Lipinski definition) is 1. The van der Waals surface area contributed by atoms with Gasteiger partial charge in [0.1, 0.15) is 12.4 Å². The molecule has 18 heavy (non-hydrogen) atoms. The normalized spacial score (nSPS) is 11.4. The number of halogens is 1. The summed E-state index contributed by atoms with van der Waals surface area (Å²) in [7, 11) is 0. The molecule has 0 saturated heterocycles. The number of rotatable bonds is 5. The quantitative estimate of drug-likeness (QED) is 0.819. The van der Waals surface area contributed by atoms with Crippen LogP contribution in [-0.2, 0) is 6.54 Å². The lowest BCUT2D eigenvalue weighted by molar-refractivity contribution is 0.341. The summed E-state index contributed by atoms with van der Waals surface area (Å²) in [4.78, 5) is 0. The fraction of sp³-hybridized carbons (Fsp3) is 0.467. The van der Waals surface area contributed by atoms with E-state index in [2.05, 4.69) is 54.7 Å². The highest BCUT2D eigenvalue weighted by Crippen LogP contribution is 2.29. The Morgan fingerprint density at radius 1 is 1.39 bits per heavy atom.